The maximum atomic E-state index is 6.12. The molecular weight excluding hydrogens is 246 g/mol. The molecule has 2 rings (SSSR count). The van der Waals surface area contributed by atoms with Gasteiger partial charge in [0.25, 0.3) is 0 Å². The maximum Gasteiger partial charge on any atom is 0.100 e. The molecule has 1 aromatic heterocycles. The molecule has 0 aliphatic heterocycles. The SMILES string of the molecule is CCC(Cl)c1cn(CCCc2ccccc2)nn1. The van der Waals surface area contributed by atoms with Gasteiger partial charge in [0.2, 0.25) is 0 Å². The van der Waals surface area contributed by atoms with Gasteiger partial charge in [0, 0.05) is 12.7 Å². The van der Waals surface area contributed by atoms with Gasteiger partial charge in [0.15, 0.2) is 0 Å². The number of aromatic nitrogens is 3. The summed E-state index contributed by atoms with van der Waals surface area (Å²) in [5.41, 5.74) is 2.24. The van der Waals surface area contributed by atoms with E-state index in [-0.39, 0.29) is 5.38 Å². The van der Waals surface area contributed by atoms with E-state index in [4.69, 9.17) is 11.6 Å². The number of rotatable bonds is 6. The highest BCUT2D eigenvalue weighted by molar-refractivity contribution is 6.20. The van der Waals surface area contributed by atoms with E-state index >= 15 is 0 Å². The molecule has 0 amide bonds. The van der Waals surface area contributed by atoms with Crippen molar-refractivity contribution in [2.75, 3.05) is 0 Å². The van der Waals surface area contributed by atoms with Crippen molar-refractivity contribution in [3.8, 4) is 0 Å². The molecule has 0 bridgehead atoms. The van der Waals surface area contributed by atoms with Gasteiger partial charge in [-0.15, -0.1) is 16.7 Å². The van der Waals surface area contributed by atoms with E-state index in [2.05, 4.69) is 34.6 Å². The Labute approximate surface area is 113 Å². The molecule has 96 valence electrons. The molecule has 4 heteroatoms. The number of halogens is 1. The zero-order valence-electron chi connectivity index (χ0n) is 10.6. The number of hydrogen-bond acceptors (Lipinski definition) is 2. The van der Waals surface area contributed by atoms with Crippen LogP contribution in [0.5, 0.6) is 0 Å². The average Bonchev–Trinajstić information content (AvgIpc) is 2.88. The minimum Gasteiger partial charge on any atom is -0.252 e. The standard InChI is InChI=1S/C14H18ClN3/c1-2-13(15)14-11-18(17-16-14)10-6-9-12-7-4-3-5-8-12/h3-5,7-8,11,13H,2,6,9-10H2,1H3. The molecule has 0 radical (unpaired) electrons. The summed E-state index contributed by atoms with van der Waals surface area (Å²) in [4.78, 5) is 0. The van der Waals surface area contributed by atoms with Crippen LogP contribution in [0.15, 0.2) is 36.5 Å². The van der Waals surface area contributed by atoms with E-state index in [1.807, 2.05) is 23.9 Å². The van der Waals surface area contributed by atoms with Crippen LogP contribution in [0, 0.1) is 0 Å². The smallest absolute Gasteiger partial charge is 0.100 e. The van der Waals surface area contributed by atoms with Crippen LogP contribution >= 0.6 is 11.6 Å². The second kappa shape index (κ2) is 6.55. The van der Waals surface area contributed by atoms with Crippen LogP contribution in [0.1, 0.15) is 36.4 Å². The Kier molecular flexibility index (Phi) is 4.76. The van der Waals surface area contributed by atoms with Crippen LogP contribution in [-0.2, 0) is 13.0 Å². The highest BCUT2D eigenvalue weighted by Gasteiger charge is 2.09. The highest BCUT2D eigenvalue weighted by Crippen LogP contribution is 2.20. The van der Waals surface area contributed by atoms with Crippen LogP contribution < -0.4 is 0 Å². The molecular formula is C14H18ClN3. The van der Waals surface area contributed by atoms with Gasteiger partial charge in [-0.05, 0) is 24.8 Å². The van der Waals surface area contributed by atoms with Crippen LogP contribution in [0.2, 0.25) is 0 Å². The Morgan fingerprint density at radius 1 is 1.28 bits per heavy atom. The first-order valence-corrected chi connectivity index (χ1v) is 6.81. The molecule has 1 heterocycles. The lowest BCUT2D eigenvalue weighted by Crippen LogP contribution is -2.00. The first kappa shape index (κ1) is 13.1. The third-order valence-corrected chi connectivity index (χ3v) is 3.46. The second-order valence-electron chi connectivity index (χ2n) is 4.37. The lowest BCUT2D eigenvalue weighted by atomic mass is 10.1. The third kappa shape index (κ3) is 3.57. The Morgan fingerprint density at radius 3 is 2.78 bits per heavy atom. The summed E-state index contributed by atoms with van der Waals surface area (Å²) in [6.07, 6.45) is 4.95. The quantitative estimate of drug-likeness (QED) is 0.746. The highest BCUT2D eigenvalue weighted by atomic mass is 35.5. The van der Waals surface area contributed by atoms with E-state index < -0.39 is 0 Å². The monoisotopic (exact) mass is 263 g/mol. The molecule has 0 aliphatic carbocycles. The van der Waals surface area contributed by atoms with Crippen LogP contribution in [0.25, 0.3) is 0 Å². The molecule has 0 N–H and O–H groups in total. The Morgan fingerprint density at radius 2 is 2.06 bits per heavy atom. The van der Waals surface area contributed by atoms with Gasteiger partial charge in [0.05, 0.1) is 5.38 Å². The van der Waals surface area contributed by atoms with Gasteiger partial charge in [-0.1, -0.05) is 42.5 Å². The predicted molar refractivity (Wildman–Crippen MR) is 73.7 cm³/mol. The van der Waals surface area contributed by atoms with E-state index in [9.17, 15) is 0 Å². The van der Waals surface area contributed by atoms with Crippen molar-refractivity contribution in [1.82, 2.24) is 15.0 Å². The zero-order chi connectivity index (χ0) is 12.8. The normalized spacial score (nSPS) is 12.6. The van der Waals surface area contributed by atoms with Gasteiger partial charge in [-0.2, -0.15) is 0 Å². The molecule has 0 fully saturated rings. The fraction of sp³-hybridized carbons (Fsp3) is 0.429. The summed E-state index contributed by atoms with van der Waals surface area (Å²) < 4.78 is 1.88. The summed E-state index contributed by atoms with van der Waals surface area (Å²) in [6, 6.07) is 10.5. The fourth-order valence-electron chi connectivity index (χ4n) is 1.87. The lowest BCUT2D eigenvalue weighted by molar-refractivity contribution is 0.558. The Balaban J connectivity index is 1.82. The number of alkyl halides is 1. The van der Waals surface area contributed by atoms with Crippen LogP contribution in [0.4, 0.5) is 0 Å². The van der Waals surface area contributed by atoms with Gasteiger partial charge >= 0.3 is 0 Å². The van der Waals surface area contributed by atoms with Crippen molar-refractivity contribution in [3.05, 3.63) is 47.8 Å². The van der Waals surface area contributed by atoms with Crippen molar-refractivity contribution >= 4 is 11.6 Å². The molecule has 0 aliphatic rings. The molecule has 3 nitrogen and oxygen atoms in total. The van der Waals surface area contributed by atoms with Gasteiger partial charge in [-0.3, -0.25) is 4.68 Å². The van der Waals surface area contributed by atoms with E-state index in [1.54, 1.807) is 0 Å². The molecule has 1 unspecified atom stereocenters. The van der Waals surface area contributed by atoms with E-state index in [0.29, 0.717) is 0 Å². The van der Waals surface area contributed by atoms with Crippen LogP contribution in [0.3, 0.4) is 0 Å². The average molecular weight is 264 g/mol. The summed E-state index contributed by atoms with van der Waals surface area (Å²) in [5.74, 6) is 0. The number of benzene rings is 1. The molecule has 0 saturated carbocycles. The molecule has 0 saturated heterocycles. The van der Waals surface area contributed by atoms with Crippen molar-refractivity contribution in [3.63, 3.8) is 0 Å². The molecule has 0 spiro atoms. The van der Waals surface area contributed by atoms with Crippen molar-refractivity contribution < 1.29 is 0 Å². The molecule has 1 atom stereocenters. The first-order chi connectivity index (χ1) is 8.79. The van der Waals surface area contributed by atoms with E-state index in [0.717, 1.165) is 31.5 Å². The van der Waals surface area contributed by atoms with Gasteiger partial charge in [0.1, 0.15) is 5.69 Å². The van der Waals surface area contributed by atoms with Crippen LogP contribution in [-0.4, -0.2) is 15.0 Å². The Bertz CT molecular complexity index is 467. The van der Waals surface area contributed by atoms with Gasteiger partial charge < -0.3 is 0 Å². The number of aryl methyl sites for hydroxylation is 2. The summed E-state index contributed by atoms with van der Waals surface area (Å²) in [5, 5.41) is 8.17. The zero-order valence-corrected chi connectivity index (χ0v) is 11.3. The second-order valence-corrected chi connectivity index (χ2v) is 4.90. The number of hydrogen-bond donors (Lipinski definition) is 0. The molecule has 2 aromatic rings. The van der Waals surface area contributed by atoms with E-state index in [1.165, 1.54) is 5.56 Å². The largest absolute Gasteiger partial charge is 0.252 e. The van der Waals surface area contributed by atoms with Crippen molar-refractivity contribution in [1.29, 1.82) is 0 Å². The molecule has 18 heavy (non-hydrogen) atoms. The van der Waals surface area contributed by atoms with Crippen molar-refractivity contribution in [2.45, 2.75) is 38.1 Å². The van der Waals surface area contributed by atoms with Crippen molar-refractivity contribution in [2.24, 2.45) is 0 Å². The predicted octanol–water partition coefficient (Wildman–Crippen LogP) is 3.60. The third-order valence-electron chi connectivity index (χ3n) is 2.93. The first-order valence-electron chi connectivity index (χ1n) is 6.37. The molecule has 1 aromatic carbocycles. The minimum atomic E-state index is -0.0205. The summed E-state index contributed by atoms with van der Waals surface area (Å²) in [6.45, 7) is 2.93. The van der Waals surface area contributed by atoms with Gasteiger partial charge in [-0.25, -0.2) is 0 Å². The maximum absolute atomic E-state index is 6.12. The topological polar surface area (TPSA) is 30.7 Å². The summed E-state index contributed by atoms with van der Waals surface area (Å²) >= 11 is 6.12. The Hall–Kier alpha value is -1.35. The minimum absolute atomic E-state index is 0.0205. The fourth-order valence-corrected chi connectivity index (χ4v) is 1.97. The summed E-state index contributed by atoms with van der Waals surface area (Å²) in [7, 11) is 0. The lowest BCUT2D eigenvalue weighted by Gasteiger charge is -2.01. The number of nitrogens with zero attached hydrogens (tertiary/aromatic N) is 3.